The van der Waals surface area contributed by atoms with E-state index >= 15 is 0 Å². The summed E-state index contributed by atoms with van der Waals surface area (Å²) in [7, 11) is 0. The molecule has 2 aromatic heterocycles. The van der Waals surface area contributed by atoms with E-state index in [0.717, 1.165) is 44.6 Å². The number of hydrogen-bond donors (Lipinski definition) is 3. The molecule has 0 saturated heterocycles. The molecule has 0 atom stereocenters. The number of carbonyl (C=O) groups is 1. The second kappa shape index (κ2) is 8.44. The second-order valence-electron chi connectivity index (χ2n) is 7.63. The monoisotopic (exact) mass is 411 g/mol. The maximum absolute atomic E-state index is 12.1. The van der Waals surface area contributed by atoms with Gasteiger partial charge in [0.05, 0.1) is 16.6 Å². The van der Waals surface area contributed by atoms with Gasteiger partial charge in [0.15, 0.2) is 5.82 Å². The highest BCUT2D eigenvalue weighted by Gasteiger charge is 2.14. The van der Waals surface area contributed by atoms with Gasteiger partial charge in [-0.1, -0.05) is 44.7 Å². The molecule has 0 bridgehead atoms. The number of benzene rings is 2. The molecular weight excluding hydrogens is 386 g/mol. The predicted molar refractivity (Wildman–Crippen MR) is 126 cm³/mol. The van der Waals surface area contributed by atoms with Gasteiger partial charge in [-0.2, -0.15) is 5.10 Å². The van der Waals surface area contributed by atoms with Crippen LogP contribution in [0.25, 0.3) is 39.0 Å². The van der Waals surface area contributed by atoms with Gasteiger partial charge in [0.1, 0.15) is 5.69 Å². The van der Waals surface area contributed by atoms with Crippen molar-refractivity contribution < 1.29 is 4.79 Å². The molecule has 1 amide bonds. The van der Waals surface area contributed by atoms with Crippen LogP contribution < -0.4 is 5.32 Å². The Morgan fingerprint density at radius 2 is 1.97 bits per heavy atom. The van der Waals surface area contributed by atoms with E-state index in [-0.39, 0.29) is 11.8 Å². The van der Waals surface area contributed by atoms with Crippen LogP contribution in [0.2, 0.25) is 0 Å². The molecule has 0 aliphatic carbocycles. The number of allylic oxidation sites excluding steroid dienone is 4. The van der Waals surface area contributed by atoms with Crippen LogP contribution in [-0.2, 0) is 4.79 Å². The van der Waals surface area contributed by atoms with Crippen LogP contribution >= 0.6 is 0 Å². The van der Waals surface area contributed by atoms with Crippen molar-refractivity contribution >= 4 is 33.4 Å². The van der Waals surface area contributed by atoms with Crippen LogP contribution in [0.1, 0.15) is 26.3 Å². The molecule has 3 N–H and O–H groups in total. The Morgan fingerprint density at radius 1 is 1.16 bits per heavy atom. The van der Waals surface area contributed by atoms with Gasteiger partial charge in [-0.15, -0.1) is 0 Å². The Kier molecular flexibility index (Phi) is 5.54. The molecule has 0 aliphatic rings. The normalized spacial score (nSPS) is 12.6. The van der Waals surface area contributed by atoms with Crippen LogP contribution in [0.3, 0.4) is 0 Å². The number of nitrogens with zero attached hydrogens (tertiary/aromatic N) is 2. The van der Waals surface area contributed by atoms with Crippen molar-refractivity contribution in [3.05, 3.63) is 78.5 Å². The minimum absolute atomic E-state index is 0.0425. The van der Waals surface area contributed by atoms with Gasteiger partial charge in [0.25, 0.3) is 0 Å². The Morgan fingerprint density at radius 3 is 2.68 bits per heavy atom. The maximum atomic E-state index is 12.1. The summed E-state index contributed by atoms with van der Waals surface area (Å²) in [6, 6.07) is 14.0. The molecule has 2 heterocycles. The smallest absolute Gasteiger partial charge is 0.226 e. The summed E-state index contributed by atoms with van der Waals surface area (Å²) in [5, 5.41) is 11.5. The van der Waals surface area contributed by atoms with E-state index in [0.29, 0.717) is 5.70 Å². The number of amides is 1. The molecule has 31 heavy (non-hydrogen) atoms. The topological polar surface area (TPSA) is 86.5 Å². The molecular formula is C25H25N5O. The van der Waals surface area contributed by atoms with Crippen LogP contribution in [0.5, 0.6) is 0 Å². The maximum Gasteiger partial charge on any atom is 0.226 e. The lowest BCUT2D eigenvalue weighted by molar-refractivity contribution is -0.123. The van der Waals surface area contributed by atoms with Gasteiger partial charge in [-0.25, -0.2) is 4.98 Å². The first-order valence-electron chi connectivity index (χ1n) is 10.2. The van der Waals surface area contributed by atoms with E-state index in [1.807, 2.05) is 69.3 Å². The quantitative estimate of drug-likeness (QED) is 0.374. The summed E-state index contributed by atoms with van der Waals surface area (Å²) in [6.45, 7) is 9.52. The number of hydrogen-bond acceptors (Lipinski definition) is 3. The molecule has 0 fully saturated rings. The van der Waals surface area contributed by atoms with Gasteiger partial charge in [-0.05, 0) is 54.5 Å². The van der Waals surface area contributed by atoms with Crippen LogP contribution in [0.4, 0.5) is 0 Å². The number of aromatic nitrogens is 4. The Balaban J connectivity index is 1.74. The Bertz CT molecular complexity index is 1300. The summed E-state index contributed by atoms with van der Waals surface area (Å²) in [5.74, 6) is 0.572. The number of aromatic amines is 2. The van der Waals surface area contributed by atoms with Crippen molar-refractivity contribution in [2.45, 2.75) is 20.8 Å². The number of rotatable bonds is 6. The summed E-state index contributed by atoms with van der Waals surface area (Å²) in [4.78, 5) is 20.1. The highest BCUT2D eigenvalue weighted by molar-refractivity contribution is 5.95. The molecule has 4 aromatic rings. The predicted octanol–water partition coefficient (Wildman–Crippen LogP) is 5.35. The minimum Gasteiger partial charge on any atom is -0.337 e. The standard InChI is InChI=1S/C25H25N5O/c1-5-16(13-18(6-2)26-25(31)15(3)4)17-11-12-20-19(14-17)23(30-29-20)24-27-21-9-7-8-10-22(21)28-24/h5-15H,2H2,1,3-4H3,(H,26,31)(H,27,28)(H,29,30)/b16-5+,18-13+. The molecule has 4 rings (SSSR count). The van der Waals surface area contributed by atoms with Crippen LogP contribution in [0, 0.1) is 5.92 Å². The third-order valence-electron chi connectivity index (χ3n) is 5.14. The first kappa shape index (κ1) is 20.3. The van der Waals surface area contributed by atoms with Crippen molar-refractivity contribution in [1.29, 1.82) is 0 Å². The van der Waals surface area contributed by atoms with Crippen LogP contribution in [-0.4, -0.2) is 26.1 Å². The molecule has 0 aliphatic heterocycles. The third-order valence-corrected chi connectivity index (χ3v) is 5.14. The largest absolute Gasteiger partial charge is 0.337 e. The van der Waals surface area contributed by atoms with Gasteiger partial charge >= 0.3 is 0 Å². The summed E-state index contributed by atoms with van der Waals surface area (Å²) >= 11 is 0. The van der Waals surface area contributed by atoms with E-state index in [2.05, 4.69) is 38.1 Å². The zero-order chi connectivity index (χ0) is 22.0. The van der Waals surface area contributed by atoms with Crippen LogP contribution in [0.15, 0.2) is 73.0 Å². The van der Waals surface area contributed by atoms with E-state index in [9.17, 15) is 4.79 Å². The fraction of sp³-hybridized carbons (Fsp3) is 0.160. The first-order chi connectivity index (χ1) is 15.0. The second-order valence-corrected chi connectivity index (χ2v) is 7.63. The third kappa shape index (κ3) is 4.05. The first-order valence-corrected chi connectivity index (χ1v) is 10.2. The Hall–Kier alpha value is -3.93. The van der Waals surface area contributed by atoms with Gasteiger partial charge in [0.2, 0.25) is 5.91 Å². The zero-order valence-corrected chi connectivity index (χ0v) is 17.9. The SMILES string of the molecule is C=C/C(=C\C(=C/C)c1ccc2[nH]nc(-c3nc4ccccc4[nH]3)c2c1)NC(=O)C(C)C. The molecule has 0 radical (unpaired) electrons. The van der Waals surface area contributed by atoms with Gasteiger partial charge in [0, 0.05) is 17.0 Å². The van der Waals surface area contributed by atoms with E-state index in [4.69, 9.17) is 0 Å². The zero-order valence-electron chi connectivity index (χ0n) is 17.9. The Labute approximate surface area is 180 Å². The highest BCUT2D eigenvalue weighted by Crippen LogP contribution is 2.29. The fourth-order valence-corrected chi connectivity index (χ4v) is 3.37. The molecule has 0 saturated carbocycles. The summed E-state index contributed by atoms with van der Waals surface area (Å²) in [5.41, 5.74) is 6.21. The molecule has 156 valence electrons. The van der Waals surface area contributed by atoms with E-state index < -0.39 is 0 Å². The van der Waals surface area contributed by atoms with Crippen molar-refractivity contribution in [2.75, 3.05) is 0 Å². The van der Waals surface area contributed by atoms with E-state index in [1.165, 1.54) is 0 Å². The molecule has 2 aromatic carbocycles. The number of imidazole rings is 1. The van der Waals surface area contributed by atoms with Crippen molar-refractivity contribution in [3.63, 3.8) is 0 Å². The van der Waals surface area contributed by atoms with Crippen molar-refractivity contribution in [3.8, 4) is 11.5 Å². The summed E-state index contributed by atoms with van der Waals surface area (Å²) < 4.78 is 0. The van der Waals surface area contributed by atoms with Crippen molar-refractivity contribution in [1.82, 2.24) is 25.5 Å². The average Bonchev–Trinajstić information content (AvgIpc) is 3.39. The molecule has 6 nitrogen and oxygen atoms in total. The highest BCUT2D eigenvalue weighted by atomic mass is 16.1. The number of fused-ring (bicyclic) bond motifs is 2. The lowest BCUT2D eigenvalue weighted by atomic mass is 10.0. The lowest BCUT2D eigenvalue weighted by Crippen LogP contribution is -2.26. The number of nitrogens with one attached hydrogen (secondary N) is 3. The fourth-order valence-electron chi connectivity index (χ4n) is 3.37. The number of H-pyrrole nitrogens is 2. The molecule has 0 unspecified atom stereocenters. The van der Waals surface area contributed by atoms with Gasteiger partial charge < -0.3 is 10.3 Å². The van der Waals surface area contributed by atoms with E-state index in [1.54, 1.807) is 6.08 Å². The minimum atomic E-state index is -0.106. The number of para-hydroxylation sites is 2. The molecule has 6 heteroatoms. The summed E-state index contributed by atoms with van der Waals surface area (Å²) in [6.07, 6.45) is 5.59. The molecule has 0 spiro atoms. The average molecular weight is 412 g/mol. The lowest BCUT2D eigenvalue weighted by Gasteiger charge is -2.10. The van der Waals surface area contributed by atoms with Gasteiger partial charge in [-0.3, -0.25) is 9.89 Å². The van der Waals surface area contributed by atoms with Crippen molar-refractivity contribution in [2.24, 2.45) is 5.92 Å². The number of carbonyl (C=O) groups excluding carboxylic acids is 1.